The third kappa shape index (κ3) is 6.02. The van der Waals surface area contributed by atoms with Gasteiger partial charge in [-0.25, -0.2) is 0 Å². The Morgan fingerprint density at radius 2 is 1.06 bits per heavy atom. The average Bonchev–Trinajstić information content (AvgIpc) is 3.39. The second kappa shape index (κ2) is 11.1. The van der Waals surface area contributed by atoms with Crippen molar-refractivity contribution in [3.63, 3.8) is 0 Å². The molecule has 5 rings (SSSR count). The average molecular weight is 485 g/mol. The fraction of sp³-hybridized carbons (Fsp3) is 1.00. The highest BCUT2D eigenvalue weighted by atomic mass is 32.2. The van der Waals surface area contributed by atoms with E-state index < -0.39 is 0 Å². The Labute approximate surface area is 204 Å². The van der Waals surface area contributed by atoms with Gasteiger partial charge in [-0.3, -0.25) is 0 Å². The van der Waals surface area contributed by atoms with Crippen molar-refractivity contribution in [3.8, 4) is 0 Å². The Hall–Kier alpha value is 0.540. The van der Waals surface area contributed by atoms with E-state index in [4.69, 9.17) is 18.9 Å². The molecule has 2 saturated carbocycles. The molecule has 32 heavy (non-hydrogen) atoms. The molecule has 0 amide bonds. The number of hydrogen-bond acceptors (Lipinski definition) is 6. The molecule has 2 aliphatic carbocycles. The van der Waals surface area contributed by atoms with Crippen molar-refractivity contribution in [3.05, 3.63) is 0 Å². The minimum atomic E-state index is -0.214. The summed E-state index contributed by atoms with van der Waals surface area (Å²) in [6.45, 7) is 1.63. The van der Waals surface area contributed by atoms with E-state index in [2.05, 4.69) is 23.5 Å². The first kappa shape index (κ1) is 24.2. The van der Waals surface area contributed by atoms with Crippen LogP contribution in [-0.2, 0) is 18.9 Å². The number of rotatable bonds is 8. The molecule has 2 spiro atoms. The van der Waals surface area contributed by atoms with Crippen molar-refractivity contribution in [2.45, 2.75) is 137 Å². The molecule has 0 aromatic rings. The summed E-state index contributed by atoms with van der Waals surface area (Å²) in [4.78, 5) is 0. The van der Waals surface area contributed by atoms with Gasteiger partial charge in [-0.2, -0.15) is 0 Å². The van der Waals surface area contributed by atoms with Gasteiger partial charge in [0, 0.05) is 25.7 Å². The topological polar surface area (TPSA) is 36.9 Å². The summed E-state index contributed by atoms with van der Waals surface area (Å²) in [5.74, 6) is 2.22. The molecule has 3 saturated heterocycles. The predicted molar refractivity (Wildman–Crippen MR) is 133 cm³/mol. The van der Waals surface area contributed by atoms with Crippen molar-refractivity contribution in [2.75, 3.05) is 24.7 Å². The highest BCUT2D eigenvalue weighted by Crippen LogP contribution is 2.50. The molecule has 5 aliphatic rings. The van der Waals surface area contributed by atoms with Crippen molar-refractivity contribution >= 4 is 23.5 Å². The van der Waals surface area contributed by atoms with Crippen LogP contribution in [0.1, 0.15) is 109 Å². The zero-order chi connectivity index (χ0) is 21.7. The summed E-state index contributed by atoms with van der Waals surface area (Å²) in [6, 6.07) is 0. The van der Waals surface area contributed by atoms with Crippen LogP contribution in [0.15, 0.2) is 0 Å². The van der Waals surface area contributed by atoms with Crippen LogP contribution in [0.25, 0.3) is 0 Å². The highest BCUT2D eigenvalue weighted by Gasteiger charge is 2.43. The molecule has 0 aromatic heterocycles. The third-order valence-electron chi connectivity index (χ3n) is 8.24. The predicted octanol–water partition coefficient (Wildman–Crippen LogP) is 7.05. The molecule has 4 nitrogen and oxygen atoms in total. The van der Waals surface area contributed by atoms with Gasteiger partial charge in [-0.1, -0.05) is 12.8 Å². The van der Waals surface area contributed by atoms with E-state index in [0.29, 0.717) is 16.3 Å². The number of thioether (sulfide) groups is 2. The second-order valence-electron chi connectivity index (χ2n) is 10.8. The Kier molecular flexibility index (Phi) is 8.39. The van der Waals surface area contributed by atoms with E-state index in [1.54, 1.807) is 0 Å². The summed E-state index contributed by atoms with van der Waals surface area (Å²) >= 11 is 4.48. The van der Waals surface area contributed by atoms with E-state index in [9.17, 15) is 0 Å². The van der Waals surface area contributed by atoms with Crippen LogP contribution in [-0.4, -0.2) is 52.6 Å². The molecule has 2 atom stereocenters. The Bertz CT molecular complexity index is 538. The number of ether oxygens (including phenoxy) is 4. The molecule has 0 aromatic carbocycles. The lowest BCUT2D eigenvalue weighted by Gasteiger charge is -2.37. The Balaban J connectivity index is 1.05. The highest BCUT2D eigenvalue weighted by molar-refractivity contribution is 8.18. The van der Waals surface area contributed by atoms with E-state index in [0.717, 1.165) is 51.7 Å². The van der Waals surface area contributed by atoms with Crippen LogP contribution < -0.4 is 0 Å². The van der Waals surface area contributed by atoms with Gasteiger partial charge in [0.1, 0.15) is 0 Å². The van der Waals surface area contributed by atoms with E-state index in [1.807, 2.05) is 0 Å². The Morgan fingerprint density at radius 1 is 0.594 bits per heavy atom. The largest absolute Gasteiger partial charge is 0.347 e. The summed E-state index contributed by atoms with van der Waals surface area (Å²) in [7, 11) is 0. The van der Waals surface area contributed by atoms with Gasteiger partial charge in [0.2, 0.25) is 0 Å². The van der Waals surface area contributed by atoms with Gasteiger partial charge in [-0.05, 0) is 82.1 Å². The Morgan fingerprint density at radius 3 is 1.53 bits per heavy atom. The lowest BCUT2D eigenvalue weighted by Crippen LogP contribution is -2.33. The SMILES string of the molecule is C1CCC2(CC1)OC[C@H](CCCC1(CCC[C@H]3COC4(CCCCC4)O3)SCCCS1)O2. The molecule has 184 valence electrons. The lowest BCUT2D eigenvalue weighted by atomic mass is 9.94. The quantitative estimate of drug-likeness (QED) is 0.367. The fourth-order valence-corrected chi connectivity index (χ4v) is 9.94. The van der Waals surface area contributed by atoms with Gasteiger partial charge in [-0.15, -0.1) is 23.5 Å². The van der Waals surface area contributed by atoms with Crippen LogP contribution in [0.3, 0.4) is 0 Å². The van der Waals surface area contributed by atoms with Crippen LogP contribution >= 0.6 is 23.5 Å². The first-order valence-corrected chi connectivity index (χ1v) is 15.6. The summed E-state index contributed by atoms with van der Waals surface area (Å²) in [5, 5.41) is 0. The summed E-state index contributed by atoms with van der Waals surface area (Å²) in [6.07, 6.45) is 21.6. The van der Waals surface area contributed by atoms with Gasteiger partial charge in [0.15, 0.2) is 11.6 Å². The maximum Gasteiger partial charge on any atom is 0.168 e. The molecule has 3 aliphatic heterocycles. The van der Waals surface area contributed by atoms with Gasteiger partial charge < -0.3 is 18.9 Å². The van der Waals surface area contributed by atoms with E-state index >= 15 is 0 Å². The van der Waals surface area contributed by atoms with Crippen molar-refractivity contribution in [1.82, 2.24) is 0 Å². The van der Waals surface area contributed by atoms with E-state index in [1.165, 1.54) is 82.1 Å². The van der Waals surface area contributed by atoms with Crippen molar-refractivity contribution < 1.29 is 18.9 Å². The van der Waals surface area contributed by atoms with Crippen molar-refractivity contribution in [2.24, 2.45) is 0 Å². The molecular formula is C26H44O4S2. The molecule has 0 N–H and O–H groups in total. The van der Waals surface area contributed by atoms with Crippen LogP contribution in [0.5, 0.6) is 0 Å². The molecule has 0 radical (unpaired) electrons. The number of hydrogen-bond donors (Lipinski definition) is 0. The minimum absolute atomic E-state index is 0.214. The summed E-state index contributed by atoms with van der Waals surface area (Å²) in [5.41, 5.74) is 0. The maximum atomic E-state index is 6.45. The smallest absolute Gasteiger partial charge is 0.168 e. The molecule has 3 heterocycles. The van der Waals surface area contributed by atoms with Gasteiger partial charge in [0.05, 0.1) is 29.5 Å². The van der Waals surface area contributed by atoms with Crippen LogP contribution in [0.2, 0.25) is 0 Å². The first-order chi connectivity index (χ1) is 15.7. The molecular weight excluding hydrogens is 440 g/mol. The van der Waals surface area contributed by atoms with Gasteiger partial charge in [0.25, 0.3) is 0 Å². The zero-order valence-corrected chi connectivity index (χ0v) is 21.6. The maximum absolute atomic E-state index is 6.45. The molecule has 0 unspecified atom stereocenters. The van der Waals surface area contributed by atoms with E-state index in [-0.39, 0.29) is 11.6 Å². The first-order valence-electron chi connectivity index (χ1n) is 13.6. The lowest BCUT2D eigenvalue weighted by molar-refractivity contribution is -0.187. The second-order valence-corrected chi connectivity index (χ2v) is 14.0. The fourth-order valence-electron chi connectivity index (χ4n) is 6.45. The molecule has 5 fully saturated rings. The minimum Gasteiger partial charge on any atom is -0.347 e. The molecule has 6 heteroatoms. The van der Waals surface area contributed by atoms with Gasteiger partial charge >= 0.3 is 0 Å². The monoisotopic (exact) mass is 484 g/mol. The summed E-state index contributed by atoms with van der Waals surface area (Å²) < 4.78 is 25.6. The zero-order valence-electron chi connectivity index (χ0n) is 20.0. The van der Waals surface area contributed by atoms with Crippen LogP contribution in [0, 0.1) is 0 Å². The standard InChI is InChI=1S/C26H44O4S2/c1-3-12-24(13-4-1)27-20-22(29-24)10-7-16-26(31-18-9-19-32-26)17-8-11-23-21-28-25(30-23)14-5-2-6-15-25/h22-23H,1-21H2/t22-,23-/m0/s1. The third-order valence-corrected chi connectivity index (χ3v) is 11.8. The molecule has 0 bridgehead atoms. The normalized spacial score (nSPS) is 33.8. The van der Waals surface area contributed by atoms with Crippen LogP contribution in [0.4, 0.5) is 0 Å². The van der Waals surface area contributed by atoms with Crippen molar-refractivity contribution in [1.29, 1.82) is 0 Å².